The average Bonchev–Trinajstić information content (AvgIpc) is 2.96. The summed E-state index contributed by atoms with van der Waals surface area (Å²) in [6, 6.07) is 12.7. The van der Waals surface area contributed by atoms with Crippen LogP contribution in [0.25, 0.3) is 31.6 Å². The van der Waals surface area contributed by atoms with Crippen molar-refractivity contribution in [2.75, 3.05) is 0 Å². The number of thiophene rings is 1. The molecule has 4 aromatic rings. The summed E-state index contributed by atoms with van der Waals surface area (Å²) >= 11 is 1.71. The Bertz CT molecular complexity index is 1200. The molecule has 25 heavy (non-hydrogen) atoms. The van der Waals surface area contributed by atoms with E-state index in [0.717, 1.165) is 20.3 Å². The minimum Gasteiger partial charge on any atom is -0.231 e. The molecule has 0 aliphatic heterocycles. The third kappa shape index (κ3) is 2.32. The molecule has 0 N–H and O–H groups in total. The summed E-state index contributed by atoms with van der Waals surface area (Å²) in [6.07, 6.45) is 1.86. The van der Waals surface area contributed by atoms with Crippen LogP contribution in [-0.2, 0) is 7.05 Å². The van der Waals surface area contributed by atoms with E-state index in [2.05, 4.69) is 54.6 Å². The number of nitrogens with zero attached hydrogens (tertiary/aromatic N) is 3. The van der Waals surface area contributed by atoms with Crippen molar-refractivity contribution >= 4 is 31.6 Å². The molecule has 4 heteroatoms. The lowest BCUT2D eigenvalue weighted by molar-refractivity contribution is -0.662. The van der Waals surface area contributed by atoms with Gasteiger partial charge in [0.15, 0.2) is 5.69 Å². The molecule has 3 nitrogen and oxygen atoms in total. The number of aromatic nitrogens is 2. The summed E-state index contributed by atoms with van der Waals surface area (Å²) in [5.41, 5.74) is 7.83. The van der Waals surface area contributed by atoms with Crippen LogP contribution in [0.15, 0.2) is 36.7 Å². The van der Waals surface area contributed by atoms with Gasteiger partial charge in [-0.05, 0) is 55.1 Å². The van der Waals surface area contributed by atoms with E-state index in [1.54, 1.807) is 11.3 Å². The fraction of sp³-hybridized carbons (Fsp3) is 0.190. The Balaban J connectivity index is 2.19. The van der Waals surface area contributed by atoms with E-state index in [-0.39, 0.29) is 0 Å². The number of nitriles is 1. The van der Waals surface area contributed by atoms with Crippen LogP contribution in [0.4, 0.5) is 0 Å². The topological polar surface area (TPSA) is 40.6 Å². The lowest BCUT2D eigenvalue weighted by atomic mass is 9.97. The summed E-state index contributed by atoms with van der Waals surface area (Å²) < 4.78 is 4.33. The molecule has 0 bridgehead atoms. The molecule has 0 fully saturated rings. The second kappa shape index (κ2) is 5.65. The van der Waals surface area contributed by atoms with Crippen LogP contribution in [0.3, 0.4) is 0 Å². The van der Waals surface area contributed by atoms with Crippen LogP contribution < -0.4 is 4.57 Å². The Kier molecular flexibility index (Phi) is 3.55. The first kappa shape index (κ1) is 15.7. The van der Waals surface area contributed by atoms with E-state index in [1.807, 2.05) is 25.5 Å². The SMILES string of the molecule is Cc1cc(C)c(C)c(-c2c3sc4cccc(C#N)c4c3nc[n+]2C)c1. The molecule has 0 saturated carbocycles. The number of fused-ring (bicyclic) bond motifs is 3. The zero-order valence-corrected chi connectivity index (χ0v) is 15.5. The van der Waals surface area contributed by atoms with E-state index < -0.39 is 0 Å². The standard InChI is InChI=1S/C21H18N3S/c1-12-8-13(2)14(3)16(9-12)20-21-19(23-11-24(20)4)18-15(10-22)6-5-7-17(18)25-21/h5-9,11H,1-4H3/q+1. The number of rotatable bonds is 1. The molecule has 0 spiro atoms. The van der Waals surface area contributed by atoms with Crippen molar-refractivity contribution in [2.24, 2.45) is 7.05 Å². The van der Waals surface area contributed by atoms with Gasteiger partial charge >= 0.3 is 0 Å². The molecule has 2 aromatic heterocycles. The van der Waals surface area contributed by atoms with E-state index in [9.17, 15) is 5.26 Å². The fourth-order valence-electron chi connectivity index (χ4n) is 3.47. The number of hydrogen-bond donors (Lipinski definition) is 0. The fourth-order valence-corrected chi connectivity index (χ4v) is 4.75. The smallest absolute Gasteiger partial charge is 0.231 e. The van der Waals surface area contributed by atoms with Gasteiger partial charge in [-0.15, -0.1) is 11.3 Å². The lowest BCUT2D eigenvalue weighted by Gasteiger charge is -2.11. The number of hydrogen-bond acceptors (Lipinski definition) is 3. The van der Waals surface area contributed by atoms with Crippen LogP contribution in [-0.4, -0.2) is 4.98 Å². The van der Waals surface area contributed by atoms with Gasteiger partial charge in [0, 0.05) is 10.3 Å². The quantitative estimate of drug-likeness (QED) is 0.468. The highest BCUT2D eigenvalue weighted by atomic mass is 32.1. The van der Waals surface area contributed by atoms with Crippen molar-refractivity contribution in [3.05, 3.63) is 58.9 Å². The molecule has 0 saturated heterocycles. The predicted molar refractivity (Wildman–Crippen MR) is 103 cm³/mol. The van der Waals surface area contributed by atoms with E-state index >= 15 is 0 Å². The maximum absolute atomic E-state index is 9.49. The van der Waals surface area contributed by atoms with E-state index in [1.165, 1.54) is 27.9 Å². The van der Waals surface area contributed by atoms with Gasteiger partial charge in [0.25, 0.3) is 6.33 Å². The molecule has 0 amide bonds. The maximum Gasteiger partial charge on any atom is 0.287 e. The van der Waals surface area contributed by atoms with Gasteiger partial charge in [-0.25, -0.2) is 4.57 Å². The van der Waals surface area contributed by atoms with Gasteiger partial charge in [-0.2, -0.15) is 5.26 Å². The van der Waals surface area contributed by atoms with Gasteiger partial charge < -0.3 is 0 Å². The first-order valence-electron chi connectivity index (χ1n) is 8.19. The molecular weight excluding hydrogens is 326 g/mol. The third-order valence-corrected chi connectivity index (χ3v) is 5.96. The zero-order chi connectivity index (χ0) is 17.7. The van der Waals surface area contributed by atoms with Crippen molar-refractivity contribution < 1.29 is 4.57 Å². The highest BCUT2D eigenvalue weighted by Crippen LogP contribution is 2.39. The van der Waals surface area contributed by atoms with Crippen molar-refractivity contribution in [3.8, 4) is 17.3 Å². The molecule has 0 aliphatic carbocycles. The second-order valence-electron chi connectivity index (χ2n) is 6.53. The maximum atomic E-state index is 9.49. The van der Waals surface area contributed by atoms with E-state index in [0.29, 0.717) is 5.56 Å². The highest BCUT2D eigenvalue weighted by Gasteiger charge is 2.23. The Morgan fingerprint density at radius 3 is 2.72 bits per heavy atom. The van der Waals surface area contributed by atoms with Gasteiger partial charge in [-0.1, -0.05) is 17.7 Å². The minimum atomic E-state index is 0.688. The average molecular weight is 344 g/mol. The van der Waals surface area contributed by atoms with Crippen molar-refractivity contribution in [1.29, 1.82) is 5.26 Å². The Hall–Kier alpha value is -2.77. The zero-order valence-electron chi connectivity index (χ0n) is 14.7. The van der Waals surface area contributed by atoms with Gasteiger partial charge in [-0.3, -0.25) is 0 Å². The molecule has 0 atom stereocenters. The molecule has 0 aliphatic rings. The Labute approximate surface area is 150 Å². The number of aryl methyl sites for hydroxylation is 3. The first-order valence-corrected chi connectivity index (χ1v) is 9.01. The lowest BCUT2D eigenvalue weighted by Crippen LogP contribution is -2.31. The summed E-state index contributed by atoms with van der Waals surface area (Å²) in [4.78, 5) is 4.66. The third-order valence-electron chi connectivity index (χ3n) is 4.81. The molecule has 2 heterocycles. The molecule has 0 radical (unpaired) electrons. The van der Waals surface area contributed by atoms with Crippen LogP contribution in [0, 0.1) is 32.1 Å². The van der Waals surface area contributed by atoms with Crippen LogP contribution in [0.2, 0.25) is 0 Å². The largest absolute Gasteiger partial charge is 0.287 e. The molecule has 0 unspecified atom stereocenters. The molecule has 122 valence electrons. The predicted octanol–water partition coefficient (Wildman–Crippen LogP) is 4.74. The van der Waals surface area contributed by atoms with E-state index in [4.69, 9.17) is 0 Å². The molecule has 2 aromatic carbocycles. The van der Waals surface area contributed by atoms with Crippen molar-refractivity contribution in [1.82, 2.24) is 4.98 Å². The van der Waals surface area contributed by atoms with Crippen LogP contribution >= 0.6 is 11.3 Å². The molecule has 4 rings (SSSR count). The molecular formula is C21H18N3S+. The monoisotopic (exact) mass is 344 g/mol. The first-order chi connectivity index (χ1) is 12.0. The summed E-state index contributed by atoms with van der Waals surface area (Å²) in [6.45, 7) is 6.46. The minimum absolute atomic E-state index is 0.688. The Morgan fingerprint density at radius 2 is 1.96 bits per heavy atom. The van der Waals surface area contributed by atoms with Crippen LogP contribution in [0.1, 0.15) is 22.3 Å². The summed E-state index contributed by atoms with van der Waals surface area (Å²) in [7, 11) is 2.04. The summed E-state index contributed by atoms with van der Waals surface area (Å²) in [5, 5.41) is 10.5. The van der Waals surface area contributed by atoms with Crippen LogP contribution in [0.5, 0.6) is 0 Å². The Morgan fingerprint density at radius 1 is 1.16 bits per heavy atom. The van der Waals surface area contributed by atoms with Crippen molar-refractivity contribution in [2.45, 2.75) is 20.8 Å². The summed E-state index contributed by atoms with van der Waals surface area (Å²) in [5.74, 6) is 0. The van der Waals surface area contributed by atoms with Gasteiger partial charge in [0.2, 0.25) is 5.52 Å². The number of benzene rings is 2. The normalized spacial score (nSPS) is 11.2. The van der Waals surface area contributed by atoms with Gasteiger partial charge in [0.1, 0.15) is 4.70 Å². The second-order valence-corrected chi connectivity index (χ2v) is 7.58. The van der Waals surface area contributed by atoms with Crippen molar-refractivity contribution in [3.63, 3.8) is 0 Å². The van der Waals surface area contributed by atoms with Gasteiger partial charge in [0.05, 0.1) is 24.1 Å². The highest BCUT2D eigenvalue weighted by molar-refractivity contribution is 7.26.